The van der Waals surface area contributed by atoms with E-state index in [-0.39, 0.29) is 5.92 Å². The lowest BCUT2D eigenvalue weighted by molar-refractivity contribution is 0.0966. The third kappa shape index (κ3) is 2.66. The van der Waals surface area contributed by atoms with Gasteiger partial charge in [0.15, 0.2) is 0 Å². The second-order valence-electron chi connectivity index (χ2n) is 6.44. The lowest BCUT2D eigenvalue weighted by atomic mass is 9.86. The average Bonchev–Trinajstić information content (AvgIpc) is 3.04. The van der Waals surface area contributed by atoms with E-state index < -0.39 is 10.3 Å². The molecule has 5 heteroatoms. The molecule has 2 aromatic rings. The molecule has 3 rings (SSSR count). The molecule has 0 radical (unpaired) electrons. The van der Waals surface area contributed by atoms with Gasteiger partial charge >= 0.3 is 0 Å². The number of hydrogen-bond donors (Lipinski definition) is 1. The highest BCUT2D eigenvalue weighted by atomic mass is 32.2. The molecule has 1 aliphatic carbocycles. The van der Waals surface area contributed by atoms with E-state index in [1.165, 1.54) is 0 Å². The molecule has 0 bridgehead atoms. The van der Waals surface area contributed by atoms with Crippen molar-refractivity contribution in [3.63, 3.8) is 0 Å². The van der Waals surface area contributed by atoms with Gasteiger partial charge in [0, 0.05) is 7.11 Å². The zero-order valence-corrected chi connectivity index (χ0v) is 15.1. The van der Waals surface area contributed by atoms with Crippen LogP contribution in [0.2, 0.25) is 0 Å². The van der Waals surface area contributed by atoms with Gasteiger partial charge in [-0.25, -0.2) is 4.98 Å². The van der Waals surface area contributed by atoms with E-state index in [0.717, 1.165) is 22.4 Å². The molecule has 0 amide bonds. The number of nitriles is 1. The Bertz CT molecular complexity index is 853. The Hall–Kier alpha value is -2.03. The summed E-state index contributed by atoms with van der Waals surface area (Å²) >= 11 is 1.65. The number of imidazole rings is 1. The van der Waals surface area contributed by atoms with E-state index >= 15 is 0 Å². The highest BCUT2D eigenvalue weighted by molar-refractivity contribution is 8.00. The minimum Gasteiger partial charge on any atom is -0.363 e. The van der Waals surface area contributed by atoms with Gasteiger partial charge < -0.3 is 9.72 Å². The molecule has 0 saturated carbocycles. The number of benzene rings is 1. The number of nitrogens with one attached hydrogen (secondary N) is 1. The third-order valence-corrected chi connectivity index (χ3v) is 5.81. The van der Waals surface area contributed by atoms with Crippen LogP contribution in [0, 0.1) is 11.3 Å². The van der Waals surface area contributed by atoms with Crippen molar-refractivity contribution in [2.24, 2.45) is 0 Å². The first-order chi connectivity index (χ1) is 11.5. The van der Waals surface area contributed by atoms with Gasteiger partial charge in [-0.1, -0.05) is 24.3 Å². The molecule has 4 nitrogen and oxygen atoms in total. The number of aromatic nitrogens is 2. The monoisotopic (exact) mass is 339 g/mol. The maximum Gasteiger partial charge on any atom is 0.145 e. The predicted molar refractivity (Wildman–Crippen MR) is 99.0 cm³/mol. The number of H-pyrrole nitrogens is 1. The zero-order chi connectivity index (χ0) is 17.4. The summed E-state index contributed by atoms with van der Waals surface area (Å²) in [7, 11) is 1.73. The maximum absolute atomic E-state index is 9.35. The van der Waals surface area contributed by atoms with Crippen LogP contribution in [0.5, 0.6) is 0 Å². The summed E-state index contributed by atoms with van der Waals surface area (Å²) in [5.41, 5.74) is 2.30. The summed E-state index contributed by atoms with van der Waals surface area (Å²) in [5.74, 6) is 0.871. The molecule has 1 N–H and O–H groups in total. The van der Waals surface area contributed by atoms with Gasteiger partial charge in [0.05, 0.1) is 28.4 Å². The molecule has 0 spiro atoms. The molecule has 0 fully saturated rings. The number of nitrogens with zero attached hydrogens (tertiary/aromatic N) is 2. The van der Waals surface area contributed by atoms with Crippen LogP contribution in [0.15, 0.2) is 42.5 Å². The van der Waals surface area contributed by atoms with E-state index in [1.54, 1.807) is 18.9 Å². The summed E-state index contributed by atoms with van der Waals surface area (Å²) in [5, 5.41) is 9.35. The van der Waals surface area contributed by atoms with E-state index in [4.69, 9.17) is 9.72 Å². The number of thioether (sulfide) groups is 1. The molecule has 1 aliphatic rings. The summed E-state index contributed by atoms with van der Waals surface area (Å²) in [6.45, 7) is 3.84. The van der Waals surface area contributed by atoms with Crippen molar-refractivity contribution in [2.45, 2.75) is 30.1 Å². The Labute approximate surface area is 146 Å². The van der Waals surface area contributed by atoms with Crippen LogP contribution in [-0.2, 0) is 10.2 Å². The van der Waals surface area contributed by atoms with Gasteiger partial charge in [0.1, 0.15) is 10.8 Å². The third-order valence-electron chi connectivity index (χ3n) is 4.61. The van der Waals surface area contributed by atoms with E-state index in [0.29, 0.717) is 0 Å². The van der Waals surface area contributed by atoms with Crippen molar-refractivity contribution in [1.29, 1.82) is 5.26 Å². The lowest BCUT2D eigenvalue weighted by Gasteiger charge is -2.34. The molecule has 24 heavy (non-hydrogen) atoms. The summed E-state index contributed by atoms with van der Waals surface area (Å²) < 4.78 is 5.81. The van der Waals surface area contributed by atoms with Gasteiger partial charge in [-0.3, -0.25) is 0 Å². The number of allylic oxidation sites excluding steroid dienone is 2. The van der Waals surface area contributed by atoms with Crippen LogP contribution in [0.1, 0.15) is 31.2 Å². The molecule has 1 heterocycles. The number of ether oxygens (including phenoxy) is 1. The smallest absolute Gasteiger partial charge is 0.145 e. The number of hydrogen-bond acceptors (Lipinski definition) is 4. The predicted octanol–water partition coefficient (Wildman–Crippen LogP) is 4.28. The van der Waals surface area contributed by atoms with Crippen molar-refractivity contribution >= 4 is 22.8 Å². The molecule has 1 aromatic heterocycles. The van der Waals surface area contributed by atoms with Crippen LogP contribution >= 0.6 is 11.8 Å². The minimum atomic E-state index is -0.525. The summed E-state index contributed by atoms with van der Waals surface area (Å²) in [6.07, 6.45) is 10.2. The number of aromatic amines is 1. The van der Waals surface area contributed by atoms with Gasteiger partial charge in [-0.05, 0) is 43.9 Å². The Kier molecular flexibility index (Phi) is 4.29. The average molecular weight is 339 g/mol. The highest BCUT2D eigenvalue weighted by Crippen LogP contribution is 2.42. The number of methoxy groups -OCH3 is 1. The topological polar surface area (TPSA) is 61.7 Å². The normalized spacial score (nSPS) is 23.5. The Balaban J connectivity index is 2.07. The second-order valence-corrected chi connectivity index (χ2v) is 7.49. The van der Waals surface area contributed by atoms with Crippen molar-refractivity contribution in [3.8, 4) is 6.07 Å². The fourth-order valence-corrected chi connectivity index (χ4v) is 3.81. The van der Waals surface area contributed by atoms with Crippen LogP contribution in [0.4, 0.5) is 0 Å². The van der Waals surface area contributed by atoms with Gasteiger partial charge in [-0.15, -0.1) is 11.8 Å². The quantitative estimate of drug-likeness (QED) is 0.845. The lowest BCUT2D eigenvalue weighted by Crippen LogP contribution is -2.33. The fraction of sp³-hybridized carbons (Fsp3) is 0.368. The SMILES string of the molecule is COC1(SC)C=CC=CC1c1nc2ccc(C(C)(C)C#N)cc2[nH]1. The molecule has 0 aliphatic heterocycles. The molecule has 0 saturated heterocycles. The van der Waals surface area contributed by atoms with Gasteiger partial charge in [0.25, 0.3) is 0 Å². The zero-order valence-electron chi connectivity index (χ0n) is 14.3. The Morgan fingerprint density at radius 3 is 2.83 bits per heavy atom. The Morgan fingerprint density at radius 1 is 1.38 bits per heavy atom. The molecular weight excluding hydrogens is 318 g/mol. The van der Waals surface area contributed by atoms with Crippen LogP contribution in [-0.4, -0.2) is 28.3 Å². The van der Waals surface area contributed by atoms with Gasteiger partial charge in [0.2, 0.25) is 0 Å². The van der Waals surface area contributed by atoms with Crippen molar-refractivity contribution in [1.82, 2.24) is 9.97 Å². The first-order valence-electron chi connectivity index (χ1n) is 7.83. The van der Waals surface area contributed by atoms with Crippen molar-refractivity contribution < 1.29 is 4.74 Å². The van der Waals surface area contributed by atoms with E-state index in [9.17, 15) is 5.26 Å². The first kappa shape index (κ1) is 16.8. The molecule has 2 unspecified atom stereocenters. The summed E-state index contributed by atoms with van der Waals surface area (Å²) in [4.78, 5) is 7.72. The molecule has 124 valence electrons. The molecule has 2 atom stereocenters. The minimum absolute atomic E-state index is 0.00215. The van der Waals surface area contributed by atoms with Gasteiger partial charge in [-0.2, -0.15) is 5.26 Å². The van der Waals surface area contributed by atoms with Crippen molar-refractivity contribution in [3.05, 3.63) is 53.9 Å². The van der Waals surface area contributed by atoms with Crippen LogP contribution in [0.25, 0.3) is 11.0 Å². The largest absolute Gasteiger partial charge is 0.363 e. The van der Waals surface area contributed by atoms with Crippen molar-refractivity contribution in [2.75, 3.05) is 13.4 Å². The van der Waals surface area contributed by atoms with E-state index in [2.05, 4.69) is 23.2 Å². The highest BCUT2D eigenvalue weighted by Gasteiger charge is 2.38. The maximum atomic E-state index is 9.35. The summed E-state index contributed by atoms with van der Waals surface area (Å²) in [6, 6.07) is 8.31. The Morgan fingerprint density at radius 2 is 2.17 bits per heavy atom. The van der Waals surface area contributed by atoms with Crippen LogP contribution < -0.4 is 0 Å². The fourth-order valence-electron chi connectivity index (χ4n) is 2.99. The van der Waals surface area contributed by atoms with Crippen LogP contribution in [0.3, 0.4) is 0 Å². The number of fused-ring (bicyclic) bond motifs is 1. The molecule has 1 aromatic carbocycles. The molecular formula is C19H21N3OS. The first-order valence-corrected chi connectivity index (χ1v) is 9.06. The number of rotatable bonds is 4. The second kappa shape index (κ2) is 6.12. The van der Waals surface area contributed by atoms with E-state index in [1.807, 2.05) is 50.5 Å². The standard InChI is InChI=1S/C19H21N3OS/c1-18(2,12-20)13-8-9-15-16(11-13)22-17(21-15)14-7-5-6-10-19(14,23-3)24-4/h5-11,14H,1-4H3,(H,21,22).